The van der Waals surface area contributed by atoms with Crippen molar-refractivity contribution in [3.63, 3.8) is 0 Å². The number of benzene rings is 8. The van der Waals surface area contributed by atoms with E-state index < -0.39 is 34.0 Å². The molecule has 12 rings (SSSR count). The van der Waals surface area contributed by atoms with Gasteiger partial charge in [0.15, 0.2) is 57.2 Å². The summed E-state index contributed by atoms with van der Waals surface area (Å²) in [7, 11) is 15.7. The number of hydrogen-bond donors (Lipinski definition) is 0. The molecule has 4 fully saturated rings. The summed E-state index contributed by atoms with van der Waals surface area (Å²) in [5.74, 6) is 2.82. The maximum atomic E-state index is 15.1. The number of nitrogens with zero attached hydrogens (tertiary/aromatic N) is 4. The first-order chi connectivity index (χ1) is 52.6. The average Bonchev–Trinajstić information content (AvgIpc) is 1.01. The summed E-state index contributed by atoms with van der Waals surface area (Å²) in [5.41, 5.74) is 2.79. The lowest BCUT2D eigenvalue weighted by atomic mass is 9.71. The molecule has 0 aromatic heterocycles. The van der Waals surface area contributed by atoms with E-state index in [2.05, 4.69) is 21.9 Å². The Morgan fingerprint density at radius 3 is 0.935 bits per heavy atom. The molecule has 8 aromatic carbocycles. The van der Waals surface area contributed by atoms with Crippen LogP contribution in [0.5, 0.6) is 57.5 Å². The van der Waals surface area contributed by atoms with E-state index in [1.807, 2.05) is 155 Å². The number of likely N-dealkylation sites (tertiary alicyclic amines) is 4. The second kappa shape index (κ2) is 34.5. The molecular formula is C88H100N4O16. The van der Waals surface area contributed by atoms with Gasteiger partial charge in [0, 0.05) is 94.4 Å². The molecule has 4 aliphatic heterocycles. The van der Waals surface area contributed by atoms with Gasteiger partial charge in [0.05, 0.1) is 71.1 Å². The smallest absolute Gasteiger partial charge is 0.332 e. The van der Waals surface area contributed by atoms with Crippen molar-refractivity contribution in [3.05, 3.63) is 239 Å². The molecule has 8 aromatic rings. The standard InChI is InChI=1S/C88H100N4O16/c1-97-71-33-31-69(57-73(71)99-3)85(43-51-91(59-85)83(95)61-53-75(101-5)81(105-9)76(54-61)102-6)41-49-89-45-37-67(38-46-89)87(63-23-15-11-16-24-63,64-25-17-12-18-26-64)107-79(93)35-36-80(94)108-88(65-27-19-13-20-28-65,66-29-21-14-22-30-66)68-39-47-90(48-40-68)50-42-86(70-32-34-72(98-2)74(58-70)100-4)44-52-92(60-86)84(96)62-55-77(103-7)82(106-10)78(56-62)104-8/h11-36,53-58,67-68H,37-52,59-60H2,1-10H3/b36-35-. The summed E-state index contributed by atoms with van der Waals surface area (Å²) < 4.78 is 71.0. The molecule has 20 nitrogen and oxygen atoms in total. The molecule has 0 N–H and O–H groups in total. The van der Waals surface area contributed by atoms with Gasteiger partial charge in [-0.3, -0.25) is 9.59 Å². The Hall–Kier alpha value is -10.7. The van der Waals surface area contributed by atoms with Crippen LogP contribution in [0.4, 0.5) is 0 Å². The largest absolute Gasteiger partial charge is 0.493 e. The lowest BCUT2D eigenvalue weighted by molar-refractivity contribution is -0.161. The summed E-state index contributed by atoms with van der Waals surface area (Å²) in [5, 5.41) is 0. The van der Waals surface area contributed by atoms with Crippen molar-refractivity contribution in [2.45, 2.75) is 73.4 Å². The molecule has 4 saturated heterocycles. The number of amides is 2. The predicted octanol–water partition coefficient (Wildman–Crippen LogP) is 13.8. The minimum absolute atomic E-state index is 0.145. The van der Waals surface area contributed by atoms with Crippen molar-refractivity contribution in [2.24, 2.45) is 11.8 Å². The van der Waals surface area contributed by atoms with Crippen LogP contribution < -0.4 is 47.4 Å². The maximum Gasteiger partial charge on any atom is 0.332 e. The van der Waals surface area contributed by atoms with Crippen molar-refractivity contribution in [2.75, 3.05) is 137 Å². The number of piperidine rings is 2. The number of esters is 2. The topological polar surface area (TPSA) is 192 Å². The molecule has 0 radical (unpaired) electrons. The molecular weight excluding hydrogens is 1370 g/mol. The molecule has 4 aliphatic rings. The van der Waals surface area contributed by atoms with Gasteiger partial charge in [0.1, 0.15) is 0 Å². The SMILES string of the molecule is COc1ccc(C2(CCN3CCC(C(OC(=O)/C=C\C(=O)OC(c4ccccc4)(c4ccccc4)C4CCN(CCC5(c6ccc(OC)c(OC)c6)CCN(C(=O)c6cc(OC)c(OC)c(OC)c6)C5)CC4)(c4ccccc4)c4ccccc4)CC3)CCN(C(=O)c3cc(OC)c(OC)c(OC)c3)C2)cc1OC. The summed E-state index contributed by atoms with van der Waals surface area (Å²) in [6.45, 7) is 6.17. The van der Waals surface area contributed by atoms with E-state index in [0.29, 0.717) is 160 Å². The van der Waals surface area contributed by atoms with E-state index in [-0.39, 0.29) is 23.7 Å². The Morgan fingerprint density at radius 2 is 0.657 bits per heavy atom. The van der Waals surface area contributed by atoms with Crippen LogP contribution in [-0.2, 0) is 41.1 Å². The van der Waals surface area contributed by atoms with Gasteiger partial charge in [0.25, 0.3) is 11.8 Å². The average molecular weight is 1470 g/mol. The molecule has 0 bridgehead atoms. The lowest BCUT2D eigenvalue weighted by Crippen LogP contribution is -2.48. The van der Waals surface area contributed by atoms with Gasteiger partial charge in [-0.15, -0.1) is 0 Å². The van der Waals surface area contributed by atoms with Crippen LogP contribution in [0.3, 0.4) is 0 Å². The molecule has 20 heteroatoms. The van der Waals surface area contributed by atoms with Gasteiger partial charge in [-0.2, -0.15) is 0 Å². The first-order valence-corrected chi connectivity index (χ1v) is 37.0. The van der Waals surface area contributed by atoms with Crippen LogP contribution in [0.1, 0.15) is 105 Å². The van der Waals surface area contributed by atoms with Crippen molar-refractivity contribution in [1.29, 1.82) is 0 Å². The summed E-state index contributed by atoms with van der Waals surface area (Å²) in [6, 6.07) is 58.7. The summed E-state index contributed by atoms with van der Waals surface area (Å²) in [4.78, 5) is 68.2. The van der Waals surface area contributed by atoms with Crippen molar-refractivity contribution in [3.8, 4) is 57.5 Å². The highest BCUT2D eigenvalue weighted by Gasteiger charge is 2.51. The fourth-order valence-corrected chi connectivity index (χ4v) is 17.2. The van der Waals surface area contributed by atoms with Crippen LogP contribution in [-0.4, -0.2) is 180 Å². The molecule has 2 atom stereocenters. The van der Waals surface area contributed by atoms with Gasteiger partial charge in [-0.1, -0.05) is 133 Å². The van der Waals surface area contributed by atoms with E-state index in [4.69, 9.17) is 56.8 Å². The molecule has 0 aliphatic carbocycles. The van der Waals surface area contributed by atoms with Crippen molar-refractivity contribution >= 4 is 23.8 Å². The Bertz CT molecular complexity index is 4020. The Morgan fingerprint density at radius 1 is 0.361 bits per heavy atom. The van der Waals surface area contributed by atoms with Crippen LogP contribution in [0.2, 0.25) is 0 Å². The van der Waals surface area contributed by atoms with Gasteiger partial charge in [0.2, 0.25) is 11.5 Å². The molecule has 108 heavy (non-hydrogen) atoms. The van der Waals surface area contributed by atoms with Crippen LogP contribution >= 0.6 is 0 Å². The molecule has 2 amide bonds. The third-order valence-corrected chi connectivity index (χ3v) is 22.9. The number of rotatable bonds is 30. The van der Waals surface area contributed by atoms with E-state index in [9.17, 15) is 9.59 Å². The lowest BCUT2D eigenvalue weighted by Gasteiger charge is -2.45. The van der Waals surface area contributed by atoms with Gasteiger partial charge < -0.3 is 76.4 Å². The van der Waals surface area contributed by atoms with Crippen LogP contribution in [0.25, 0.3) is 0 Å². The first-order valence-electron chi connectivity index (χ1n) is 37.0. The first kappa shape index (κ1) is 76.9. The van der Waals surface area contributed by atoms with Gasteiger partial charge >= 0.3 is 11.9 Å². The van der Waals surface area contributed by atoms with E-state index in [1.165, 1.54) is 54.8 Å². The molecule has 0 saturated carbocycles. The van der Waals surface area contributed by atoms with Crippen LogP contribution in [0.15, 0.2) is 194 Å². The van der Waals surface area contributed by atoms with Crippen molar-refractivity contribution < 1.29 is 76.0 Å². The number of hydrogen-bond acceptors (Lipinski definition) is 18. The van der Waals surface area contributed by atoms with Gasteiger partial charge in [-0.05, 0) is 150 Å². The number of methoxy groups -OCH3 is 10. The van der Waals surface area contributed by atoms with E-state index in [0.717, 1.165) is 59.3 Å². The molecule has 4 heterocycles. The monoisotopic (exact) mass is 1470 g/mol. The summed E-state index contributed by atoms with van der Waals surface area (Å²) >= 11 is 0. The molecule has 0 spiro atoms. The summed E-state index contributed by atoms with van der Waals surface area (Å²) in [6.07, 6.45) is 8.00. The Balaban J connectivity index is 0.771. The minimum atomic E-state index is -1.26. The molecule has 2 unspecified atom stereocenters. The number of ether oxygens (including phenoxy) is 12. The van der Waals surface area contributed by atoms with Crippen molar-refractivity contribution in [1.82, 2.24) is 19.6 Å². The quantitative estimate of drug-likeness (QED) is 0.0305. The highest BCUT2D eigenvalue weighted by atomic mass is 16.6. The maximum absolute atomic E-state index is 15.1. The molecule has 568 valence electrons. The predicted molar refractivity (Wildman–Crippen MR) is 412 cm³/mol. The third kappa shape index (κ3) is 15.7. The number of carbonyl (C=O) groups excluding carboxylic acids is 4. The zero-order chi connectivity index (χ0) is 76.0. The zero-order valence-electron chi connectivity index (χ0n) is 63.7. The number of carbonyl (C=O) groups is 4. The second-order valence-corrected chi connectivity index (χ2v) is 28.3. The highest BCUT2D eigenvalue weighted by molar-refractivity contribution is 5.97. The van der Waals surface area contributed by atoms with Gasteiger partial charge in [-0.25, -0.2) is 9.59 Å². The fraction of sp³-hybridized carbons (Fsp3) is 0.386. The minimum Gasteiger partial charge on any atom is -0.493 e. The second-order valence-electron chi connectivity index (χ2n) is 28.3. The third-order valence-electron chi connectivity index (χ3n) is 22.9. The normalized spacial score (nSPS) is 18.1. The fourth-order valence-electron chi connectivity index (χ4n) is 17.2. The highest BCUT2D eigenvalue weighted by Crippen LogP contribution is 2.51. The Labute approximate surface area is 634 Å². The zero-order valence-corrected chi connectivity index (χ0v) is 63.7. The van der Waals surface area contributed by atoms with E-state index >= 15 is 9.59 Å². The Kier molecular flexibility index (Phi) is 24.6. The van der Waals surface area contributed by atoms with E-state index in [1.54, 1.807) is 52.7 Å². The van der Waals surface area contributed by atoms with Crippen LogP contribution in [0, 0.1) is 11.8 Å².